The Labute approximate surface area is 98.0 Å². The predicted molar refractivity (Wildman–Crippen MR) is 69.0 cm³/mol. The van der Waals surface area contributed by atoms with Crippen molar-refractivity contribution in [2.45, 2.75) is 32.7 Å². The van der Waals surface area contributed by atoms with Crippen molar-refractivity contribution in [2.24, 2.45) is 5.73 Å². The van der Waals surface area contributed by atoms with Crippen molar-refractivity contribution in [3.05, 3.63) is 24.3 Å². The first kappa shape index (κ1) is 12.8. The summed E-state index contributed by atoms with van der Waals surface area (Å²) >= 11 is 0. The van der Waals surface area contributed by atoms with Crippen molar-refractivity contribution in [3.8, 4) is 5.75 Å². The Morgan fingerprint density at radius 2 is 2.00 bits per heavy atom. The average molecular weight is 222 g/mol. The maximum atomic E-state index is 5.59. The van der Waals surface area contributed by atoms with Gasteiger partial charge in [-0.15, -0.1) is 0 Å². The van der Waals surface area contributed by atoms with Crippen LogP contribution in [0.5, 0.6) is 5.75 Å². The lowest BCUT2D eigenvalue weighted by molar-refractivity contribution is 0.340. The van der Waals surface area contributed by atoms with Gasteiger partial charge in [0.1, 0.15) is 5.75 Å². The van der Waals surface area contributed by atoms with Crippen LogP contribution in [0.2, 0.25) is 0 Å². The van der Waals surface area contributed by atoms with Crippen LogP contribution < -0.4 is 15.8 Å². The number of hydrogen-bond acceptors (Lipinski definition) is 3. The fourth-order valence-corrected chi connectivity index (χ4v) is 1.64. The summed E-state index contributed by atoms with van der Waals surface area (Å²) in [5.74, 6) is 0.898. The quantitative estimate of drug-likeness (QED) is 0.778. The van der Waals surface area contributed by atoms with E-state index in [1.54, 1.807) is 0 Å². The minimum atomic E-state index is -0.0119. The van der Waals surface area contributed by atoms with Gasteiger partial charge in [0.15, 0.2) is 0 Å². The highest BCUT2D eigenvalue weighted by atomic mass is 16.5. The van der Waals surface area contributed by atoms with Crippen molar-refractivity contribution >= 4 is 5.69 Å². The van der Waals surface area contributed by atoms with Gasteiger partial charge in [0.2, 0.25) is 0 Å². The molecule has 16 heavy (non-hydrogen) atoms. The molecule has 0 fully saturated rings. The number of benzene rings is 1. The second kappa shape index (κ2) is 5.75. The monoisotopic (exact) mass is 222 g/mol. The largest absolute Gasteiger partial charge is 0.492 e. The summed E-state index contributed by atoms with van der Waals surface area (Å²) in [5.41, 5.74) is 6.61. The molecule has 0 aliphatic heterocycles. The van der Waals surface area contributed by atoms with Crippen molar-refractivity contribution in [2.75, 3.05) is 18.5 Å². The van der Waals surface area contributed by atoms with Crippen LogP contribution in [0, 0.1) is 0 Å². The van der Waals surface area contributed by atoms with Gasteiger partial charge in [-0.3, -0.25) is 0 Å². The number of rotatable bonds is 6. The molecule has 0 heterocycles. The van der Waals surface area contributed by atoms with E-state index in [4.69, 9.17) is 10.5 Å². The van der Waals surface area contributed by atoms with Crippen molar-refractivity contribution < 1.29 is 4.74 Å². The van der Waals surface area contributed by atoms with E-state index in [1.807, 2.05) is 31.2 Å². The molecule has 3 N–H and O–H groups in total. The molecule has 0 amide bonds. The number of ether oxygens (including phenoxy) is 1. The number of anilines is 1. The Morgan fingerprint density at radius 3 is 2.62 bits per heavy atom. The van der Waals surface area contributed by atoms with E-state index in [0.29, 0.717) is 13.2 Å². The zero-order valence-electron chi connectivity index (χ0n) is 10.4. The van der Waals surface area contributed by atoms with Crippen LogP contribution in [-0.4, -0.2) is 18.7 Å². The number of nitrogens with one attached hydrogen (secondary N) is 1. The Kier molecular flexibility index (Phi) is 4.62. The highest BCUT2D eigenvalue weighted by Crippen LogP contribution is 2.27. The molecule has 3 nitrogen and oxygen atoms in total. The molecular formula is C13H22N2O. The fraction of sp³-hybridized carbons (Fsp3) is 0.538. The van der Waals surface area contributed by atoms with Gasteiger partial charge in [-0.25, -0.2) is 0 Å². The van der Waals surface area contributed by atoms with E-state index >= 15 is 0 Å². The lowest BCUT2D eigenvalue weighted by atomic mass is 10.0. The highest BCUT2D eigenvalue weighted by molar-refractivity contribution is 5.57. The first-order valence-corrected chi connectivity index (χ1v) is 5.79. The maximum absolute atomic E-state index is 5.59. The van der Waals surface area contributed by atoms with Gasteiger partial charge in [-0.1, -0.05) is 12.1 Å². The van der Waals surface area contributed by atoms with Crippen LogP contribution in [0.25, 0.3) is 0 Å². The highest BCUT2D eigenvalue weighted by Gasteiger charge is 2.17. The number of para-hydroxylation sites is 2. The minimum Gasteiger partial charge on any atom is -0.492 e. The molecule has 0 aromatic heterocycles. The van der Waals surface area contributed by atoms with Gasteiger partial charge in [-0.2, -0.15) is 0 Å². The molecule has 90 valence electrons. The van der Waals surface area contributed by atoms with Crippen LogP contribution in [0.1, 0.15) is 27.2 Å². The molecule has 0 saturated carbocycles. The maximum Gasteiger partial charge on any atom is 0.142 e. The van der Waals surface area contributed by atoms with Gasteiger partial charge in [0.05, 0.1) is 12.3 Å². The molecule has 0 bridgehead atoms. The normalized spacial score (nSPS) is 11.2. The zero-order valence-corrected chi connectivity index (χ0v) is 10.4. The summed E-state index contributed by atoms with van der Waals surface area (Å²) in [7, 11) is 0. The third-order valence-corrected chi connectivity index (χ3v) is 2.43. The molecule has 0 aliphatic carbocycles. The second-order valence-corrected chi connectivity index (χ2v) is 4.48. The Balaban J connectivity index is 2.79. The van der Waals surface area contributed by atoms with E-state index in [-0.39, 0.29) is 5.54 Å². The number of hydrogen-bond donors (Lipinski definition) is 2. The molecular weight excluding hydrogens is 200 g/mol. The molecule has 1 aromatic rings. The first-order valence-electron chi connectivity index (χ1n) is 5.79. The third-order valence-electron chi connectivity index (χ3n) is 2.43. The van der Waals surface area contributed by atoms with Crippen molar-refractivity contribution in [3.63, 3.8) is 0 Å². The van der Waals surface area contributed by atoms with Gasteiger partial charge >= 0.3 is 0 Å². The fourth-order valence-electron chi connectivity index (χ4n) is 1.64. The number of nitrogens with two attached hydrogens (primary N) is 1. The van der Waals surface area contributed by atoms with Crippen LogP contribution >= 0.6 is 0 Å². The molecule has 0 radical (unpaired) electrons. The van der Waals surface area contributed by atoms with Crippen LogP contribution in [-0.2, 0) is 0 Å². The second-order valence-electron chi connectivity index (χ2n) is 4.48. The Hall–Kier alpha value is -1.22. The Bertz CT molecular complexity index is 323. The first-order chi connectivity index (χ1) is 7.59. The van der Waals surface area contributed by atoms with E-state index in [2.05, 4.69) is 19.2 Å². The van der Waals surface area contributed by atoms with E-state index in [1.165, 1.54) is 0 Å². The lowest BCUT2D eigenvalue weighted by Crippen LogP contribution is -2.33. The summed E-state index contributed by atoms with van der Waals surface area (Å²) in [4.78, 5) is 0. The SMILES string of the molecule is CCOc1ccccc1NC(C)(C)CCN. The Morgan fingerprint density at radius 1 is 1.31 bits per heavy atom. The van der Waals surface area contributed by atoms with Crippen LogP contribution in [0.15, 0.2) is 24.3 Å². The molecule has 0 atom stereocenters. The van der Waals surface area contributed by atoms with Gasteiger partial charge in [0, 0.05) is 5.54 Å². The summed E-state index contributed by atoms with van der Waals surface area (Å²) in [6.45, 7) is 7.62. The molecule has 0 spiro atoms. The van der Waals surface area contributed by atoms with Crippen LogP contribution in [0.3, 0.4) is 0 Å². The summed E-state index contributed by atoms with van der Waals surface area (Å²) in [5, 5.41) is 3.47. The molecule has 3 heteroatoms. The van der Waals surface area contributed by atoms with Crippen molar-refractivity contribution in [1.82, 2.24) is 0 Å². The molecule has 1 rings (SSSR count). The van der Waals surface area contributed by atoms with Gasteiger partial charge < -0.3 is 15.8 Å². The summed E-state index contributed by atoms with van der Waals surface area (Å²) < 4.78 is 5.57. The molecule has 0 saturated heterocycles. The summed E-state index contributed by atoms with van der Waals surface area (Å²) in [6.07, 6.45) is 0.924. The van der Waals surface area contributed by atoms with E-state index < -0.39 is 0 Å². The molecule has 1 aromatic carbocycles. The standard InChI is InChI=1S/C13H22N2O/c1-4-16-12-8-6-5-7-11(12)15-13(2,3)9-10-14/h5-8,15H,4,9-10,14H2,1-3H3. The predicted octanol–water partition coefficient (Wildman–Crippen LogP) is 2.62. The van der Waals surface area contributed by atoms with Gasteiger partial charge in [-0.05, 0) is 45.9 Å². The molecule has 0 unspecified atom stereocenters. The lowest BCUT2D eigenvalue weighted by Gasteiger charge is -2.28. The third kappa shape index (κ3) is 3.74. The van der Waals surface area contributed by atoms with Crippen molar-refractivity contribution in [1.29, 1.82) is 0 Å². The van der Waals surface area contributed by atoms with Crippen LogP contribution in [0.4, 0.5) is 5.69 Å². The topological polar surface area (TPSA) is 47.3 Å². The molecule has 0 aliphatic rings. The minimum absolute atomic E-state index is 0.0119. The average Bonchev–Trinajstić information content (AvgIpc) is 2.20. The van der Waals surface area contributed by atoms with E-state index in [9.17, 15) is 0 Å². The summed E-state index contributed by atoms with van der Waals surface area (Å²) in [6, 6.07) is 7.99. The smallest absolute Gasteiger partial charge is 0.142 e. The van der Waals surface area contributed by atoms with E-state index in [0.717, 1.165) is 17.9 Å². The zero-order chi connectivity index (χ0) is 12.0. The van der Waals surface area contributed by atoms with Gasteiger partial charge in [0.25, 0.3) is 0 Å².